The van der Waals surface area contributed by atoms with Crippen molar-refractivity contribution in [2.75, 3.05) is 12.3 Å². The molecule has 102 valence electrons. The first-order valence-corrected chi connectivity index (χ1v) is 8.63. The smallest absolute Gasteiger partial charge is 0.114 e. The highest BCUT2D eigenvalue weighted by molar-refractivity contribution is 8.00. The van der Waals surface area contributed by atoms with Crippen LogP contribution < -0.4 is 5.32 Å². The Bertz CT molecular complexity index is 404. The van der Waals surface area contributed by atoms with Gasteiger partial charge < -0.3 is 5.32 Å². The number of aromatic nitrogens is 1. The van der Waals surface area contributed by atoms with E-state index in [1.165, 1.54) is 17.1 Å². The van der Waals surface area contributed by atoms with Gasteiger partial charge in [-0.3, -0.25) is 0 Å². The zero-order valence-corrected chi connectivity index (χ0v) is 13.7. The van der Waals surface area contributed by atoms with E-state index < -0.39 is 0 Å². The molecule has 2 rings (SSSR count). The van der Waals surface area contributed by atoms with Gasteiger partial charge in [0.1, 0.15) is 5.01 Å². The molecule has 0 spiro atoms. The molecule has 2 atom stereocenters. The zero-order valence-electron chi connectivity index (χ0n) is 12.0. The summed E-state index contributed by atoms with van der Waals surface area (Å²) < 4.78 is 0. The molecule has 0 aromatic carbocycles. The van der Waals surface area contributed by atoms with Crippen molar-refractivity contribution in [3.63, 3.8) is 0 Å². The normalized spacial score (nSPS) is 28.8. The van der Waals surface area contributed by atoms with Gasteiger partial charge in [-0.2, -0.15) is 11.8 Å². The van der Waals surface area contributed by atoms with E-state index in [9.17, 15) is 0 Å². The molecular formula is C14H24N2S2. The summed E-state index contributed by atoms with van der Waals surface area (Å²) in [5.41, 5.74) is 1.50. The second-order valence-corrected chi connectivity index (χ2v) is 8.51. The van der Waals surface area contributed by atoms with Crippen LogP contribution in [-0.4, -0.2) is 22.5 Å². The SMILES string of the molecule is CCNC1(c2nc(C(C)(C)C)cs2)CSC(C)C1. The van der Waals surface area contributed by atoms with Crippen molar-refractivity contribution in [1.29, 1.82) is 0 Å². The number of nitrogens with one attached hydrogen (secondary N) is 1. The molecule has 2 nitrogen and oxygen atoms in total. The molecule has 1 aromatic rings. The number of rotatable bonds is 3. The molecule has 1 aromatic heterocycles. The van der Waals surface area contributed by atoms with Crippen LogP contribution in [0.25, 0.3) is 0 Å². The van der Waals surface area contributed by atoms with Crippen molar-refractivity contribution in [2.24, 2.45) is 0 Å². The Morgan fingerprint density at radius 1 is 1.50 bits per heavy atom. The lowest BCUT2D eigenvalue weighted by molar-refractivity contribution is 0.369. The molecule has 18 heavy (non-hydrogen) atoms. The molecule has 1 saturated heterocycles. The third-order valence-electron chi connectivity index (χ3n) is 3.45. The minimum absolute atomic E-state index is 0.118. The van der Waals surface area contributed by atoms with Crippen molar-refractivity contribution in [2.45, 2.75) is 57.2 Å². The Hall–Kier alpha value is -0.0600. The van der Waals surface area contributed by atoms with Gasteiger partial charge in [-0.05, 0) is 13.0 Å². The Morgan fingerprint density at radius 3 is 2.67 bits per heavy atom. The summed E-state index contributed by atoms with van der Waals surface area (Å²) in [6.07, 6.45) is 1.20. The predicted octanol–water partition coefficient (Wildman–Crippen LogP) is 3.77. The summed E-state index contributed by atoms with van der Waals surface area (Å²) in [5, 5.41) is 7.95. The van der Waals surface area contributed by atoms with Crippen LogP contribution in [0.15, 0.2) is 5.38 Å². The van der Waals surface area contributed by atoms with Crippen LogP contribution in [0.3, 0.4) is 0 Å². The van der Waals surface area contributed by atoms with E-state index in [0.717, 1.165) is 17.5 Å². The van der Waals surface area contributed by atoms with Gasteiger partial charge in [0.15, 0.2) is 0 Å². The van der Waals surface area contributed by atoms with E-state index in [2.05, 4.69) is 57.1 Å². The fraction of sp³-hybridized carbons (Fsp3) is 0.786. The minimum atomic E-state index is 0.118. The molecule has 1 N–H and O–H groups in total. The van der Waals surface area contributed by atoms with Crippen molar-refractivity contribution < 1.29 is 0 Å². The summed E-state index contributed by atoms with van der Waals surface area (Å²) >= 11 is 3.89. The van der Waals surface area contributed by atoms with Gasteiger partial charge >= 0.3 is 0 Å². The number of thioether (sulfide) groups is 1. The fourth-order valence-electron chi connectivity index (χ4n) is 2.42. The molecule has 0 amide bonds. The number of nitrogens with zero attached hydrogens (tertiary/aromatic N) is 1. The van der Waals surface area contributed by atoms with Crippen LogP contribution in [0.5, 0.6) is 0 Å². The quantitative estimate of drug-likeness (QED) is 0.914. The predicted molar refractivity (Wildman–Crippen MR) is 82.7 cm³/mol. The topological polar surface area (TPSA) is 24.9 Å². The summed E-state index contributed by atoms with van der Waals surface area (Å²) in [7, 11) is 0. The zero-order chi connectivity index (χ0) is 13.4. The van der Waals surface area contributed by atoms with Gasteiger partial charge in [-0.1, -0.05) is 34.6 Å². The molecule has 0 bridgehead atoms. The van der Waals surface area contributed by atoms with Gasteiger partial charge in [0, 0.05) is 21.8 Å². The maximum absolute atomic E-state index is 4.93. The lowest BCUT2D eigenvalue weighted by Gasteiger charge is -2.27. The Balaban J connectivity index is 2.30. The van der Waals surface area contributed by atoms with E-state index in [4.69, 9.17) is 4.98 Å². The maximum atomic E-state index is 4.93. The van der Waals surface area contributed by atoms with Gasteiger partial charge in [-0.25, -0.2) is 4.98 Å². The second-order valence-electron chi connectivity index (χ2n) is 6.23. The lowest BCUT2D eigenvalue weighted by atomic mass is 9.92. The number of hydrogen-bond donors (Lipinski definition) is 1. The second kappa shape index (κ2) is 5.14. The first kappa shape index (κ1) is 14.4. The van der Waals surface area contributed by atoms with Crippen molar-refractivity contribution in [1.82, 2.24) is 10.3 Å². The van der Waals surface area contributed by atoms with Crippen molar-refractivity contribution >= 4 is 23.1 Å². The molecule has 2 heterocycles. The van der Waals surface area contributed by atoms with Crippen molar-refractivity contribution in [3.05, 3.63) is 16.1 Å². The monoisotopic (exact) mass is 284 g/mol. The molecule has 1 aliphatic heterocycles. The van der Waals surface area contributed by atoms with Crippen LogP contribution in [0.4, 0.5) is 0 Å². The van der Waals surface area contributed by atoms with Gasteiger partial charge in [0.25, 0.3) is 0 Å². The molecule has 0 radical (unpaired) electrons. The fourth-order valence-corrected chi connectivity index (χ4v) is 5.07. The number of hydrogen-bond acceptors (Lipinski definition) is 4. The Kier molecular flexibility index (Phi) is 4.10. The van der Waals surface area contributed by atoms with Crippen LogP contribution >= 0.6 is 23.1 Å². The highest BCUT2D eigenvalue weighted by Crippen LogP contribution is 2.43. The summed E-state index contributed by atoms with van der Waals surface area (Å²) in [5.74, 6) is 1.15. The van der Waals surface area contributed by atoms with Crippen LogP contribution in [0.1, 0.15) is 51.7 Å². The standard InChI is InChI=1S/C14H24N2S2/c1-6-15-14(7-10(2)18-9-14)12-16-11(8-17-12)13(3,4)5/h8,10,15H,6-7,9H2,1-5H3. The molecular weight excluding hydrogens is 260 g/mol. The summed E-state index contributed by atoms with van der Waals surface area (Å²) in [6.45, 7) is 12.2. The Labute approximate surface area is 119 Å². The van der Waals surface area contributed by atoms with E-state index >= 15 is 0 Å². The average Bonchev–Trinajstić information content (AvgIpc) is 2.85. The number of thiazole rings is 1. The maximum Gasteiger partial charge on any atom is 0.114 e. The van der Waals surface area contributed by atoms with Crippen molar-refractivity contribution in [3.8, 4) is 0 Å². The molecule has 0 saturated carbocycles. The summed E-state index contributed by atoms with van der Waals surface area (Å²) in [6, 6.07) is 0. The van der Waals surface area contributed by atoms with Gasteiger partial charge in [0.2, 0.25) is 0 Å². The van der Waals surface area contributed by atoms with E-state index in [1.807, 2.05) is 11.3 Å². The molecule has 2 unspecified atom stereocenters. The molecule has 1 fully saturated rings. The first-order chi connectivity index (χ1) is 8.37. The highest BCUT2D eigenvalue weighted by Gasteiger charge is 2.41. The molecule has 1 aliphatic rings. The van der Waals surface area contributed by atoms with Crippen LogP contribution in [0.2, 0.25) is 0 Å². The largest absolute Gasteiger partial charge is 0.305 e. The van der Waals surface area contributed by atoms with Gasteiger partial charge in [0.05, 0.1) is 11.2 Å². The van der Waals surface area contributed by atoms with E-state index in [-0.39, 0.29) is 11.0 Å². The average molecular weight is 284 g/mol. The lowest BCUT2D eigenvalue weighted by Crippen LogP contribution is -2.42. The minimum Gasteiger partial charge on any atom is -0.305 e. The van der Waals surface area contributed by atoms with Gasteiger partial charge in [-0.15, -0.1) is 11.3 Å². The third-order valence-corrected chi connectivity index (χ3v) is 5.89. The van der Waals surface area contributed by atoms with E-state index in [0.29, 0.717) is 0 Å². The van der Waals surface area contributed by atoms with Crippen LogP contribution in [0, 0.1) is 0 Å². The first-order valence-electron chi connectivity index (χ1n) is 6.70. The third kappa shape index (κ3) is 2.75. The van der Waals surface area contributed by atoms with Crippen LogP contribution in [-0.2, 0) is 11.0 Å². The Morgan fingerprint density at radius 2 is 2.22 bits per heavy atom. The molecule has 0 aliphatic carbocycles. The summed E-state index contributed by atoms with van der Waals surface area (Å²) in [4.78, 5) is 4.93. The molecule has 4 heteroatoms. The van der Waals surface area contributed by atoms with E-state index in [1.54, 1.807) is 0 Å². The highest BCUT2D eigenvalue weighted by atomic mass is 32.2.